The van der Waals surface area contributed by atoms with Crippen LogP contribution in [0.25, 0.3) is 0 Å². The molecule has 12 heavy (non-hydrogen) atoms. The molecule has 0 amide bonds. The Kier molecular flexibility index (Phi) is 4.58. The molecular formula is C8H7ClOS2. The second-order valence-electron chi connectivity index (χ2n) is 2.08. The molecule has 0 saturated carbocycles. The summed E-state index contributed by atoms with van der Waals surface area (Å²) in [6, 6.07) is 7.64. The van der Waals surface area contributed by atoms with Crippen LogP contribution in [-0.4, -0.2) is 5.62 Å². The van der Waals surface area contributed by atoms with Crippen molar-refractivity contribution in [1.29, 1.82) is 0 Å². The van der Waals surface area contributed by atoms with Crippen molar-refractivity contribution < 1.29 is 4.79 Å². The van der Waals surface area contributed by atoms with Gasteiger partial charge in [-0.25, -0.2) is 0 Å². The Morgan fingerprint density at radius 3 is 3.00 bits per heavy atom. The molecule has 0 radical (unpaired) electrons. The summed E-state index contributed by atoms with van der Waals surface area (Å²) >= 11 is 5.77. The highest BCUT2D eigenvalue weighted by Gasteiger charge is 1.94. The zero-order chi connectivity index (χ0) is 8.81. The van der Waals surface area contributed by atoms with Gasteiger partial charge in [-0.3, -0.25) is 4.79 Å². The predicted octanol–water partition coefficient (Wildman–Crippen LogP) is 3.41. The molecule has 64 valence electrons. The summed E-state index contributed by atoms with van der Waals surface area (Å²) in [5.41, 5.74) is 1.97. The van der Waals surface area contributed by atoms with Gasteiger partial charge < -0.3 is 0 Å². The lowest BCUT2D eigenvalue weighted by Gasteiger charge is -1.97. The van der Waals surface area contributed by atoms with Crippen LogP contribution in [0.3, 0.4) is 0 Å². The minimum atomic E-state index is 0.740. The van der Waals surface area contributed by atoms with Crippen molar-refractivity contribution in [1.82, 2.24) is 0 Å². The van der Waals surface area contributed by atoms with Gasteiger partial charge in [0, 0.05) is 10.8 Å². The third-order valence-corrected chi connectivity index (χ3v) is 3.12. The van der Waals surface area contributed by atoms with Crippen molar-refractivity contribution in [2.45, 2.75) is 5.75 Å². The van der Waals surface area contributed by atoms with Gasteiger partial charge >= 0.3 is 0 Å². The number of rotatable bonds is 4. The first-order valence-corrected chi connectivity index (χ1v) is 6.05. The molecule has 0 spiro atoms. The highest BCUT2D eigenvalue weighted by Crippen LogP contribution is 2.24. The fraction of sp³-hybridized carbons (Fsp3) is 0.125. The lowest BCUT2D eigenvalue weighted by Crippen LogP contribution is -1.76. The molecule has 0 heterocycles. The normalized spacial score (nSPS) is 9.75. The Labute approximate surface area is 84.3 Å². The lowest BCUT2D eigenvalue weighted by atomic mass is 10.2. The summed E-state index contributed by atoms with van der Waals surface area (Å²) < 4.78 is 0. The fourth-order valence-electron chi connectivity index (χ4n) is 0.757. The van der Waals surface area contributed by atoms with Crippen molar-refractivity contribution in [2.24, 2.45) is 0 Å². The van der Waals surface area contributed by atoms with Crippen LogP contribution in [0, 0.1) is 0 Å². The summed E-state index contributed by atoms with van der Waals surface area (Å²) in [7, 11) is 2.71. The molecule has 1 aromatic carbocycles. The SMILES string of the molecule is O=CSSCc1cccc(Cl)c1. The number of carbonyl (C=O) groups is 1. The Morgan fingerprint density at radius 2 is 2.33 bits per heavy atom. The van der Waals surface area contributed by atoms with E-state index < -0.39 is 0 Å². The van der Waals surface area contributed by atoms with E-state index in [1.54, 1.807) is 0 Å². The van der Waals surface area contributed by atoms with Crippen LogP contribution >= 0.6 is 33.2 Å². The summed E-state index contributed by atoms with van der Waals surface area (Å²) in [5, 5.41) is 0.740. The molecule has 0 fully saturated rings. The van der Waals surface area contributed by atoms with Crippen molar-refractivity contribution in [3.63, 3.8) is 0 Å². The van der Waals surface area contributed by atoms with E-state index in [-0.39, 0.29) is 0 Å². The zero-order valence-electron chi connectivity index (χ0n) is 6.20. The van der Waals surface area contributed by atoms with Gasteiger partial charge in [-0.1, -0.05) is 34.5 Å². The molecule has 4 heteroatoms. The summed E-state index contributed by atoms with van der Waals surface area (Å²) in [4.78, 5) is 9.98. The number of carbonyl (C=O) groups excluding carboxylic acids is 1. The highest BCUT2D eigenvalue weighted by molar-refractivity contribution is 8.81. The largest absolute Gasteiger partial charge is 0.290 e. The summed E-state index contributed by atoms with van der Waals surface area (Å²) in [6.07, 6.45) is 0. The fourth-order valence-corrected chi connectivity index (χ4v) is 2.19. The molecule has 0 aromatic heterocycles. The van der Waals surface area contributed by atoms with Crippen molar-refractivity contribution >= 4 is 38.8 Å². The maximum Gasteiger partial charge on any atom is 0.186 e. The first kappa shape index (κ1) is 9.96. The van der Waals surface area contributed by atoms with E-state index in [4.69, 9.17) is 11.6 Å². The standard InChI is InChI=1S/C8H7ClOS2/c9-8-3-1-2-7(4-8)5-11-12-6-10/h1-4,6H,5H2. The molecule has 0 bridgehead atoms. The predicted molar refractivity (Wildman–Crippen MR) is 57.1 cm³/mol. The topological polar surface area (TPSA) is 17.1 Å². The average Bonchev–Trinajstić information content (AvgIpc) is 2.05. The van der Waals surface area contributed by atoms with Crippen LogP contribution in [0.1, 0.15) is 5.56 Å². The molecule has 0 aliphatic rings. The molecule has 1 nitrogen and oxygen atoms in total. The Hall–Kier alpha value is -0.120. The molecule has 1 rings (SSSR count). The molecule has 1 aromatic rings. The van der Waals surface area contributed by atoms with Crippen LogP contribution < -0.4 is 0 Å². The summed E-state index contributed by atoms with van der Waals surface area (Å²) in [6.45, 7) is 0. The molecule has 0 unspecified atom stereocenters. The van der Waals surface area contributed by atoms with E-state index in [0.717, 1.165) is 22.0 Å². The third-order valence-electron chi connectivity index (χ3n) is 1.22. The second kappa shape index (κ2) is 5.51. The van der Waals surface area contributed by atoms with Gasteiger partial charge in [0.2, 0.25) is 0 Å². The number of halogens is 1. The van der Waals surface area contributed by atoms with Gasteiger partial charge in [0.05, 0.1) is 0 Å². The number of benzene rings is 1. The first-order chi connectivity index (χ1) is 5.83. The molecule has 0 atom stereocenters. The van der Waals surface area contributed by atoms with E-state index in [1.165, 1.54) is 21.6 Å². The van der Waals surface area contributed by atoms with E-state index in [0.29, 0.717) is 0 Å². The summed E-state index contributed by atoms with van der Waals surface area (Å²) in [5.74, 6) is 0.809. The van der Waals surface area contributed by atoms with Gasteiger partial charge in [-0.05, 0) is 28.5 Å². The molecule has 0 saturated heterocycles. The average molecular weight is 219 g/mol. The second-order valence-corrected chi connectivity index (χ2v) is 4.71. The minimum Gasteiger partial charge on any atom is -0.290 e. The smallest absolute Gasteiger partial charge is 0.186 e. The molecule has 0 aliphatic heterocycles. The number of hydrogen-bond acceptors (Lipinski definition) is 3. The van der Waals surface area contributed by atoms with Crippen molar-refractivity contribution in [3.8, 4) is 0 Å². The monoisotopic (exact) mass is 218 g/mol. The molecule has 0 N–H and O–H groups in total. The maximum atomic E-state index is 9.98. The van der Waals surface area contributed by atoms with E-state index >= 15 is 0 Å². The van der Waals surface area contributed by atoms with Crippen molar-refractivity contribution in [2.75, 3.05) is 0 Å². The Balaban J connectivity index is 2.46. The lowest BCUT2D eigenvalue weighted by molar-refractivity contribution is 0.570. The van der Waals surface area contributed by atoms with Crippen LogP contribution in [0.15, 0.2) is 24.3 Å². The highest BCUT2D eigenvalue weighted by atomic mass is 35.5. The molecule has 0 aliphatic carbocycles. The van der Waals surface area contributed by atoms with E-state index in [1.807, 2.05) is 24.3 Å². The third kappa shape index (κ3) is 3.52. The Bertz CT molecular complexity index is 265. The minimum absolute atomic E-state index is 0.740. The van der Waals surface area contributed by atoms with E-state index in [9.17, 15) is 4.79 Å². The zero-order valence-corrected chi connectivity index (χ0v) is 8.59. The maximum absolute atomic E-state index is 9.98. The van der Waals surface area contributed by atoms with Gasteiger partial charge in [-0.15, -0.1) is 0 Å². The molecular weight excluding hydrogens is 212 g/mol. The quantitative estimate of drug-likeness (QED) is 0.438. The van der Waals surface area contributed by atoms with Gasteiger partial charge in [0.25, 0.3) is 0 Å². The van der Waals surface area contributed by atoms with E-state index in [2.05, 4.69) is 0 Å². The number of hydrogen-bond donors (Lipinski definition) is 0. The van der Waals surface area contributed by atoms with Crippen LogP contribution in [-0.2, 0) is 10.5 Å². The van der Waals surface area contributed by atoms with Crippen LogP contribution in [0.2, 0.25) is 5.02 Å². The van der Waals surface area contributed by atoms with Crippen molar-refractivity contribution in [3.05, 3.63) is 34.9 Å². The first-order valence-electron chi connectivity index (χ1n) is 3.29. The van der Waals surface area contributed by atoms with Crippen LogP contribution in [0.5, 0.6) is 0 Å². The Morgan fingerprint density at radius 1 is 1.50 bits per heavy atom. The van der Waals surface area contributed by atoms with Gasteiger partial charge in [0.15, 0.2) is 5.62 Å². The van der Waals surface area contributed by atoms with Gasteiger partial charge in [-0.2, -0.15) is 0 Å². The van der Waals surface area contributed by atoms with Gasteiger partial charge in [0.1, 0.15) is 0 Å². The van der Waals surface area contributed by atoms with Crippen LogP contribution in [0.4, 0.5) is 0 Å².